The molecule has 2 heterocycles. The van der Waals surface area contributed by atoms with Crippen molar-refractivity contribution in [2.24, 2.45) is 0 Å². The minimum atomic E-state index is -4.41. The monoisotopic (exact) mass is 474 g/mol. The van der Waals surface area contributed by atoms with Gasteiger partial charge in [0.1, 0.15) is 10.7 Å². The predicted molar refractivity (Wildman–Crippen MR) is 123 cm³/mol. The second-order valence-corrected chi connectivity index (χ2v) is 9.05. The molecule has 1 aromatic heterocycles. The van der Waals surface area contributed by atoms with Crippen molar-refractivity contribution in [3.8, 4) is 0 Å². The van der Waals surface area contributed by atoms with E-state index in [2.05, 4.69) is 51.3 Å². The van der Waals surface area contributed by atoms with Gasteiger partial charge in [0.2, 0.25) is 0 Å². The summed E-state index contributed by atoms with van der Waals surface area (Å²) in [4.78, 5) is 21.5. The van der Waals surface area contributed by atoms with Crippen molar-refractivity contribution in [2.75, 3.05) is 31.1 Å². The number of benzene rings is 2. The van der Waals surface area contributed by atoms with Crippen LogP contribution in [0.1, 0.15) is 32.2 Å². The third kappa shape index (κ3) is 6.11. The normalized spacial score (nSPS) is 15.0. The molecule has 0 radical (unpaired) electrons. The molecule has 0 saturated carbocycles. The number of alkyl halides is 3. The predicted octanol–water partition coefficient (Wildman–Crippen LogP) is 4.72. The Bertz CT molecular complexity index is 1090. The molecule has 2 aromatic carbocycles. The van der Waals surface area contributed by atoms with E-state index in [1.165, 1.54) is 28.7 Å². The van der Waals surface area contributed by atoms with Gasteiger partial charge in [-0.15, -0.1) is 11.3 Å². The van der Waals surface area contributed by atoms with Crippen molar-refractivity contribution in [1.82, 2.24) is 15.2 Å². The lowest BCUT2D eigenvalue weighted by Crippen LogP contribution is -2.45. The smallest absolute Gasteiger partial charge is 0.369 e. The molecular weight excluding hydrogens is 449 g/mol. The largest absolute Gasteiger partial charge is 0.416 e. The molecule has 0 spiro atoms. The van der Waals surface area contributed by atoms with Gasteiger partial charge in [-0.1, -0.05) is 29.8 Å². The molecule has 9 heteroatoms. The minimum Gasteiger partial charge on any atom is -0.369 e. The standard InChI is InChI=1S/C24H25F3N4OS/c1-17-5-7-20(8-6-17)31-11-9-30(10-12-31)15-22-29-21(16-33-22)23(32)28-14-18-3-2-4-19(13-18)24(25,26)27/h2-8,13,16H,9-12,14-15H2,1H3,(H,28,32). The summed E-state index contributed by atoms with van der Waals surface area (Å²) < 4.78 is 38.5. The Hall–Kier alpha value is -2.91. The van der Waals surface area contributed by atoms with Crippen LogP contribution >= 0.6 is 11.3 Å². The summed E-state index contributed by atoms with van der Waals surface area (Å²) in [6, 6.07) is 13.5. The number of carbonyl (C=O) groups excluding carboxylic acids is 1. The third-order valence-corrected chi connectivity index (χ3v) is 6.46. The van der Waals surface area contributed by atoms with Gasteiger partial charge < -0.3 is 10.2 Å². The number of aryl methyl sites for hydroxylation is 1. The average Bonchev–Trinajstić information content (AvgIpc) is 3.27. The fourth-order valence-corrected chi connectivity index (χ4v) is 4.54. The highest BCUT2D eigenvalue weighted by atomic mass is 32.1. The molecule has 1 fully saturated rings. The maximum atomic E-state index is 12.8. The SMILES string of the molecule is Cc1ccc(N2CCN(Cc3nc(C(=O)NCc4cccc(C(F)(F)F)c4)cs3)CC2)cc1. The lowest BCUT2D eigenvalue weighted by molar-refractivity contribution is -0.137. The van der Waals surface area contributed by atoms with Crippen molar-refractivity contribution in [3.05, 3.63) is 81.3 Å². The van der Waals surface area contributed by atoms with E-state index in [1.807, 2.05) is 0 Å². The Morgan fingerprint density at radius 1 is 1.09 bits per heavy atom. The Morgan fingerprint density at radius 2 is 1.82 bits per heavy atom. The molecule has 1 aliphatic heterocycles. The highest BCUT2D eigenvalue weighted by Gasteiger charge is 2.30. The highest BCUT2D eigenvalue weighted by molar-refractivity contribution is 7.09. The lowest BCUT2D eigenvalue weighted by Gasteiger charge is -2.35. The summed E-state index contributed by atoms with van der Waals surface area (Å²) >= 11 is 1.42. The third-order valence-electron chi connectivity index (χ3n) is 5.62. The molecular formula is C24H25F3N4OS. The van der Waals surface area contributed by atoms with Crippen LogP contribution in [0.5, 0.6) is 0 Å². The van der Waals surface area contributed by atoms with Crippen molar-refractivity contribution in [1.29, 1.82) is 0 Å². The van der Waals surface area contributed by atoms with Crippen molar-refractivity contribution >= 4 is 22.9 Å². The Morgan fingerprint density at radius 3 is 2.52 bits per heavy atom. The van der Waals surface area contributed by atoms with Crippen LogP contribution in [0.25, 0.3) is 0 Å². The molecule has 1 N–H and O–H groups in total. The van der Waals surface area contributed by atoms with Crippen LogP contribution in [0, 0.1) is 6.92 Å². The van der Waals surface area contributed by atoms with Crippen molar-refractivity contribution in [3.63, 3.8) is 0 Å². The number of nitrogens with zero attached hydrogens (tertiary/aromatic N) is 3. The van der Waals surface area contributed by atoms with E-state index in [4.69, 9.17) is 0 Å². The van der Waals surface area contributed by atoms with Crippen LogP contribution in [0.4, 0.5) is 18.9 Å². The number of thiazole rings is 1. The zero-order chi connectivity index (χ0) is 23.4. The van der Waals surface area contributed by atoms with Gasteiger partial charge in [0.05, 0.1) is 12.1 Å². The van der Waals surface area contributed by atoms with Gasteiger partial charge in [-0.05, 0) is 36.8 Å². The second kappa shape index (κ2) is 9.93. The van der Waals surface area contributed by atoms with Gasteiger partial charge in [-0.2, -0.15) is 13.2 Å². The number of hydrogen-bond donors (Lipinski definition) is 1. The number of amides is 1. The van der Waals surface area contributed by atoms with Gasteiger partial charge in [-0.3, -0.25) is 9.69 Å². The maximum absolute atomic E-state index is 12.8. The summed E-state index contributed by atoms with van der Waals surface area (Å²) in [6.45, 7) is 6.44. The molecule has 174 valence electrons. The first-order valence-electron chi connectivity index (χ1n) is 10.7. The molecule has 4 rings (SSSR count). The molecule has 1 amide bonds. The molecule has 0 bridgehead atoms. The van der Waals surface area contributed by atoms with Crippen LogP contribution in [-0.4, -0.2) is 42.0 Å². The van der Waals surface area contributed by atoms with Crippen LogP contribution in [0.15, 0.2) is 53.9 Å². The Labute approximate surface area is 194 Å². The summed E-state index contributed by atoms with van der Waals surface area (Å²) in [5, 5.41) is 5.20. The Kier molecular flexibility index (Phi) is 6.99. The van der Waals surface area contributed by atoms with E-state index < -0.39 is 11.7 Å². The molecule has 33 heavy (non-hydrogen) atoms. The fraction of sp³-hybridized carbons (Fsp3) is 0.333. The van der Waals surface area contributed by atoms with Gasteiger partial charge in [0.25, 0.3) is 5.91 Å². The number of halogens is 3. The van der Waals surface area contributed by atoms with Crippen LogP contribution in [0.2, 0.25) is 0 Å². The van der Waals surface area contributed by atoms with Gasteiger partial charge in [-0.25, -0.2) is 4.98 Å². The molecule has 3 aromatic rings. The fourth-order valence-electron chi connectivity index (χ4n) is 3.73. The lowest BCUT2D eigenvalue weighted by atomic mass is 10.1. The van der Waals surface area contributed by atoms with Crippen LogP contribution in [0.3, 0.4) is 0 Å². The Balaban J connectivity index is 1.27. The number of anilines is 1. The second-order valence-electron chi connectivity index (χ2n) is 8.11. The number of piperazine rings is 1. The average molecular weight is 475 g/mol. The van der Waals surface area contributed by atoms with E-state index in [0.29, 0.717) is 17.8 Å². The number of carbonyl (C=O) groups is 1. The number of nitrogens with one attached hydrogen (secondary N) is 1. The molecule has 1 saturated heterocycles. The van der Waals surface area contributed by atoms with E-state index in [0.717, 1.165) is 43.3 Å². The highest BCUT2D eigenvalue weighted by Crippen LogP contribution is 2.29. The van der Waals surface area contributed by atoms with Crippen LogP contribution < -0.4 is 10.2 Å². The molecule has 0 atom stereocenters. The first-order chi connectivity index (χ1) is 15.8. The quantitative estimate of drug-likeness (QED) is 0.562. The first-order valence-corrected chi connectivity index (χ1v) is 11.6. The van der Waals surface area contributed by atoms with Crippen molar-refractivity contribution in [2.45, 2.75) is 26.2 Å². The molecule has 0 unspecified atom stereocenters. The molecule has 0 aliphatic carbocycles. The van der Waals surface area contributed by atoms with E-state index in [9.17, 15) is 18.0 Å². The minimum absolute atomic E-state index is 0.0105. The molecule has 5 nitrogen and oxygen atoms in total. The number of rotatable bonds is 6. The summed E-state index contributed by atoms with van der Waals surface area (Å²) in [7, 11) is 0. The summed E-state index contributed by atoms with van der Waals surface area (Å²) in [6.07, 6.45) is -4.41. The van der Waals surface area contributed by atoms with Gasteiger partial charge in [0.15, 0.2) is 0 Å². The number of aromatic nitrogens is 1. The van der Waals surface area contributed by atoms with Crippen LogP contribution in [-0.2, 0) is 19.3 Å². The summed E-state index contributed by atoms with van der Waals surface area (Å²) in [5.41, 5.74) is 2.43. The van der Waals surface area contributed by atoms with E-state index in [1.54, 1.807) is 11.4 Å². The zero-order valence-electron chi connectivity index (χ0n) is 18.2. The van der Waals surface area contributed by atoms with Crippen molar-refractivity contribution < 1.29 is 18.0 Å². The summed E-state index contributed by atoms with van der Waals surface area (Å²) in [5.74, 6) is -0.390. The topological polar surface area (TPSA) is 48.5 Å². The first kappa shape index (κ1) is 23.3. The molecule has 1 aliphatic rings. The van der Waals surface area contributed by atoms with Gasteiger partial charge in [0, 0.05) is 43.8 Å². The maximum Gasteiger partial charge on any atom is 0.416 e. The van der Waals surface area contributed by atoms with E-state index in [-0.39, 0.29) is 12.5 Å². The number of hydrogen-bond acceptors (Lipinski definition) is 5. The zero-order valence-corrected chi connectivity index (χ0v) is 19.0. The van der Waals surface area contributed by atoms with E-state index >= 15 is 0 Å². The van der Waals surface area contributed by atoms with Gasteiger partial charge >= 0.3 is 6.18 Å².